The number of fused-ring (bicyclic) bond motifs is 1. The predicted octanol–water partition coefficient (Wildman–Crippen LogP) is 1.50. The van der Waals surface area contributed by atoms with Crippen LogP contribution in [0.15, 0.2) is 33.5 Å². The number of aryl methyl sites for hydroxylation is 1. The molecular weight excluding hydrogens is 282 g/mol. The van der Waals surface area contributed by atoms with E-state index in [0.717, 1.165) is 11.0 Å². The summed E-state index contributed by atoms with van der Waals surface area (Å²) < 4.78 is 5.47. The molecule has 1 N–H and O–H groups in total. The first-order chi connectivity index (χ1) is 10.7. The highest BCUT2D eigenvalue weighted by atomic mass is 16.4. The van der Waals surface area contributed by atoms with E-state index in [2.05, 4.69) is 20.2 Å². The van der Waals surface area contributed by atoms with Gasteiger partial charge in [0.05, 0.1) is 17.6 Å². The number of H-pyrrole nitrogens is 1. The molecule has 0 spiro atoms. The van der Waals surface area contributed by atoms with Crippen LogP contribution >= 0.6 is 0 Å². The third kappa shape index (κ3) is 3.04. The van der Waals surface area contributed by atoms with Crippen LogP contribution in [-0.4, -0.2) is 32.1 Å². The number of benzene rings is 1. The molecule has 0 saturated heterocycles. The topological polar surface area (TPSA) is 87.9 Å². The Bertz CT molecular complexity index is 839. The van der Waals surface area contributed by atoms with Crippen molar-refractivity contribution in [3.8, 4) is 0 Å². The van der Waals surface area contributed by atoms with Crippen molar-refractivity contribution in [3.05, 3.63) is 52.1 Å². The lowest BCUT2D eigenvalue weighted by atomic mass is 10.3. The fourth-order valence-electron chi connectivity index (χ4n) is 2.21. The van der Waals surface area contributed by atoms with Crippen LogP contribution in [0.5, 0.6) is 0 Å². The van der Waals surface area contributed by atoms with Crippen molar-refractivity contribution in [1.29, 1.82) is 0 Å². The summed E-state index contributed by atoms with van der Waals surface area (Å²) >= 11 is 0. The van der Waals surface area contributed by atoms with Gasteiger partial charge in [-0.1, -0.05) is 19.1 Å². The number of hydrogen-bond donors (Lipinski definition) is 1. The third-order valence-electron chi connectivity index (χ3n) is 3.31. The Morgan fingerprint density at radius 3 is 2.73 bits per heavy atom. The molecule has 3 aromatic rings. The second-order valence-electron chi connectivity index (χ2n) is 5.15. The molecule has 114 valence electrons. The van der Waals surface area contributed by atoms with Gasteiger partial charge in [0.1, 0.15) is 5.69 Å². The predicted molar refractivity (Wildman–Crippen MR) is 81.2 cm³/mol. The number of para-hydroxylation sites is 2. The van der Waals surface area contributed by atoms with E-state index in [-0.39, 0.29) is 5.56 Å². The van der Waals surface area contributed by atoms with E-state index < -0.39 is 0 Å². The standard InChI is InChI=1S/C15H17N5O2/c1-3-13-18-19-14(22-13)9-20(2)8-12-15(21)17-11-7-5-4-6-10(11)16-12/h4-7H,3,8-9H2,1-2H3,(H,17,21). The lowest BCUT2D eigenvalue weighted by Gasteiger charge is -2.13. The summed E-state index contributed by atoms with van der Waals surface area (Å²) in [7, 11) is 1.88. The molecule has 0 aliphatic rings. The van der Waals surface area contributed by atoms with Gasteiger partial charge in [0.2, 0.25) is 11.8 Å². The molecule has 7 nitrogen and oxygen atoms in total. The van der Waals surface area contributed by atoms with E-state index in [1.165, 1.54) is 0 Å². The maximum absolute atomic E-state index is 12.1. The van der Waals surface area contributed by atoms with Crippen molar-refractivity contribution in [1.82, 2.24) is 25.1 Å². The second-order valence-corrected chi connectivity index (χ2v) is 5.15. The zero-order valence-electron chi connectivity index (χ0n) is 12.5. The van der Waals surface area contributed by atoms with Crippen molar-refractivity contribution in [2.75, 3.05) is 7.05 Å². The Balaban J connectivity index is 1.77. The number of nitrogens with one attached hydrogen (secondary N) is 1. The first-order valence-corrected chi connectivity index (χ1v) is 7.13. The highest BCUT2D eigenvalue weighted by Gasteiger charge is 2.11. The van der Waals surface area contributed by atoms with Crippen LogP contribution < -0.4 is 5.56 Å². The van der Waals surface area contributed by atoms with Gasteiger partial charge in [0, 0.05) is 13.0 Å². The summed E-state index contributed by atoms with van der Waals surface area (Å²) in [5, 5.41) is 7.90. The molecule has 1 aromatic carbocycles. The molecule has 3 rings (SSSR count). The normalized spacial score (nSPS) is 11.4. The SMILES string of the molecule is CCc1nnc(CN(C)Cc2nc3ccccc3[nH]c2=O)o1. The minimum Gasteiger partial charge on any atom is -0.424 e. The first kappa shape index (κ1) is 14.4. The second kappa shape index (κ2) is 6.07. The first-order valence-electron chi connectivity index (χ1n) is 7.13. The Kier molecular flexibility index (Phi) is 3.97. The molecule has 2 aromatic heterocycles. The summed E-state index contributed by atoms with van der Waals surface area (Å²) in [4.78, 5) is 21.3. The lowest BCUT2D eigenvalue weighted by molar-refractivity contribution is 0.274. The average molecular weight is 299 g/mol. The molecule has 0 radical (unpaired) electrons. The number of nitrogens with zero attached hydrogens (tertiary/aromatic N) is 4. The van der Waals surface area contributed by atoms with Crippen LogP contribution in [0.3, 0.4) is 0 Å². The Morgan fingerprint density at radius 1 is 1.18 bits per heavy atom. The summed E-state index contributed by atoms with van der Waals surface area (Å²) in [6.07, 6.45) is 0.711. The molecule has 0 unspecified atom stereocenters. The quantitative estimate of drug-likeness (QED) is 0.768. The monoisotopic (exact) mass is 299 g/mol. The van der Waals surface area contributed by atoms with Crippen molar-refractivity contribution in [3.63, 3.8) is 0 Å². The van der Waals surface area contributed by atoms with Crippen molar-refractivity contribution < 1.29 is 4.42 Å². The summed E-state index contributed by atoms with van der Waals surface area (Å²) in [6.45, 7) is 2.84. The largest absolute Gasteiger partial charge is 0.424 e. The van der Waals surface area contributed by atoms with E-state index >= 15 is 0 Å². The highest BCUT2D eigenvalue weighted by Crippen LogP contribution is 2.08. The number of aromatic nitrogens is 4. The van der Waals surface area contributed by atoms with Gasteiger partial charge in [-0.05, 0) is 19.2 Å². The molecule has 0 saturated carbocycles. The van der Waals surface area contributed by atoms with Crippen LogP contribution in [0.4, 0.5) is 0 Å². The van der Waals surface area contributed by atoms with Gasteiger partial charge in [-0.25, -0.2) is 4.98 Å². The highest BCUT2D eigenvalue weighted by molar-refractivity contribution is 5.73. The Labute approximate surface area is 127 Å². The molecule has 7 heteroatoms. The molecule has 22 heavy (non-hydrogen) atoms. The van der Waals surface area contributed by atoms with Gasteiger partial charge in [0.15, 0.2) is 0 Å². The van der Waals surface area contributed by atoms with Crippen LogP contribution in [0.2, 0.25) is 0 Å². The lowest BCUT2D eigenvalue weighted by Crippen LogP contribution is -2.24. The zero-order valence-corrected chi connectivity index (χ0v) is 12.5. The summed E-state index contributed by atoms with van der Waals surface area (Å²) in [5.74, 6) is 1.15. The number of hydrogen-bond acceptors (Lipinski definition) is 6. The van der Waals surface area contributed by atoms with Crippen molar-refractivity contribution >= 4 is 11.0 Å². The van der Waals surface area contributed by atoms with E-state index in [4.69, 9.17) is 4.42 Å². The van der Waals surface area contributed by atoms with E-state index in [1.807, 2.05) is 43.1 Å². The fourth-order valence-corrected chi connectivity index (χ4v) is 2.21. The third-order valence-corrected chi connectivity index (χ3v) is 3.31. The van der Waals surface area contributed by atoms with Crippen LogP contribution in [-0.2, 0) is 19.5 Å². The molecule has 0 bridgehead atoms. The molecule has 0 aliphatic carbocycles. The number of rotatable bonds is 5. The Morgan fingerprint density at radius 2 is 1.95 bits per heavy atom. The van der Waals surface area contributed by atoms with E-state index in [1.54, 1.807) is 0 Å². The van der Waals surface area contributed by atoms with E-state index in [9.17, 15) is 4.79 Å². The maximum atomic E-state index is 12.1. The zero-order chi connectivity index (χ0) is 15.5. The van der Waals surface area contributed by atoms with Crippen molar-refractivity contribution in [2.24, 2.45) is 0 Å². The van der Waals surface area contributed by atoms with Crippen LogP contribution in [0.25, 0.3) is 11.0 Å². The summed E-state index contributed by atoms with van der Waals surface area (Å²) in [5.41, 5.74) is 1.81. The van der Waals surface area contributed by atoms with Gasteiger partial charge >= 0.3 is 0 Å². The molecule has 0 aliphatic heterocycles. The van der Waals surface area contributed by atoms with Crippen LogP contribution in [0, 0.1) is 0 Å². The van der Waals surface area contributed by atoms with E-state index in [0.29, 0.717) is 37.0 Å². The fraction of sp³-hybridized carbons (Fsp3) is 0.333. The van der Waals surface area contributed by atoms with Crippen LogP contribution in [0.1, 0.15) is 24.4 Å². The average Bonchev–Trinajstić information content (AvgIpc) is 2.95. The Hall–Kier alpha value is -2.54. The minimum atomic E-state index is -0.176. The smallest absolute Gasteiger partial charge is 0.271 e. The van der Waals surface area contributed by atoms with Gasteiger partial charge < -0.3 is 9.40 Å². The molecule has 2 heterocycles. The van der Waals surface area contributed by atoms with Crippen molar-refractivity contribution in [2.45, 2.75) is 26.4 Å². The van der Waals surface area contributed by atoms with Gasteiger partial charge in [-0.3, -0.25) is 9.69 Å². The molecule has 0 atom stereocenters. The minimum absolute atomic E-state index is 0.176. The molecule has 0 fully saturated rings. The summed E-state index contributed by atoms with van der Waals surface area (Å²) in [6, 6.07) is 7.47. The van der Waals surface area contributed by atoms with Gasteiger partial charge in [0.25, 0.3) is 5.56 Å². The molecule has 0 amide bonds. The number of aromatic amines is 1. The van der Waals surface area contributed by atoms with Gasteiger partial charge in [-0.2, -0.15) is 0 Å². The molecular formula is C15H17N5O2. The maximum Gasteiger partial charge on any atom is 0.271 e. The van der Waals surface area contributed by atoms with Gasteiger partial charge in [-0.15, -0.1) is 10.2 Å².